The lowest BCUT2D eigenvalue weighted by Crippen LogP contribution is -2.50. The lowest BCUT2D eigenvalue weighted by atomic mass is 10.1. The van der Waals surface area contributed by atoms with Crippen LogP contribution in [-0.2, 0) is 11.2 Å². The molecule has 0 unspecified atom stereocenters. The van der Waals surface area contributed by atoms with Crippen molar-refractivity contribution in [2.24, 2.45) is 5.73 Å². The number of amides is 1. The van der Waals surface area contributed by atoms with E-state index in [1.165, 1.54) is 12.1 Å². The highest BCUT2D eigenvalue weighted by molar-refractivity contribution is 5.79. The van der Waals surface area contributed by atoms with Crippen molar-refractivity contribution >= 4 is 5.91 Å². The molecule has 0 bridgehead atoms. The zero-order chi connectivity index (χ0) is 14.5. The van der Waals surface area contributed by atoms with Gasteiger partial charge in [0.05, 0.1) is 6.42 Å². The van der Waals surface area contributed by atoms with Gasteiger partial charge >= 0.3 is 0 Å². The van der Waals surface area contributed by atoms with Crippen molar-refractivity contribution in [3.8, 4) is 0 Å². The van der Waals surface area contributed by atoms with Gasteiger partial charge in [-0.1, -0.05) is 12.1 Å². The number of carbonyl (C=O) groups is 1. The first-order valence-electron chi connectivity index (χ1n) is 6.75. The summed E-state index contributed by atoms with van der Waals surface area (Å²) in [4.78, 5) is 16.0. The Morgan fingerprint density at radius 1 is 1.20 bits per heavy atom. The van der Waals surface area contributed by atoms with Gasteiger partial charge in [-0.15, -0.1) is 0 Å². The third kappa shape index (κ3) is 3.52. The fourth-order valence-corrected chi connectivity index (χ4v) is 2.36. The van der Waals surface area contributed by atoms with Crippen LogP contribution in [0.15, 0.2) is 18.2 Å². The minimum Gasteiger partial charge on any atom is -0.340 e. The first-order valence-corrected chi connectivity index (χ1v) is 6.75. The molecule has 0 saturated carbocycles. The van der Waals surface area contributed by atoms with Crippen LogP contribution in [0.2, 0.25) is 0 Å². The Kier molecular flexibility index (Phi) is 5.03. The molecule has 1 saturated heterocycles. The maximum atomic E-state index is 13.5. The Balaban J connectivity index is 1.91. The second-order valence-electron chi connectivity index (χ2n) is 4.90. The topological polar surface area (TPSA) is 49.6 Å². The van der Waals surface area contributed by atoms with E-state index in [4.69, 9.17) is 5.73 Å². The van der Waals surface area contributed by atoms with Crippen LogP contribution in [0.5, 0.6) is 0 Å². The normalized spacial score (nSPS) is 16.4. The van der Waals surface area contributed by atoms with Crippen LogP contribution in [0.3, 0.4) is 0 Å². The second kappa shape index (κ2) is 6.76. The Labute approximate surface area is 117 Å². The molecular weight excluding hydrogens is 264 g/mol. The van der Waals surface area contributed by atoms with Crippen LogP contribution in [0.4, 0.5) is 8.78 Å². The Bertz CT molecular complexity index is 473. The van der Waals surface area contributed by atoms with Crippen molar-refractivity contribution in [1.29, 1.82) is 0 Å². The summed E-state index contributed by atoms with van der Waals surface area (Å²) in [7, 11) is 0. The van der Waals surface area contributed by atoms with Crippen molar-refractivity contribution in [2.75, 3.05) is 39.3 Å². The Morgan fingerprint density at radius 3 is 2.55 bits per heavy atom. The van der Waals surface area contributed by atoms with Gasteiger partial charge in [0.25, 0.3) is 0 Å². The average Bonchev–Trinajstić information content (AvgIpc) is 2.45. The number of benzene rings is 1. The highest BCUT2D eigenvalue weighted by Gasteiger charge is 2.22. The quantitative estimate of drug-likeness (QED) is 0.881. The number of nitrogens with zero attached hydrogens (tertiary/aromatic N) is 2. The van der Waals surface area contributed by atoms with Gasteiger partial charge in [-0.05, 0) is 6.07 Å². The molecule has 1 aliphatic heterocycles. The highest BCUT2D eigenvalue weighted by atomic mass is 19.2. The second-order valence-corrected chi connectivity index (χ2v) is 4.90. The van der Waals surface area contributed by atoms with Crippen LogP contribution in [-0.4, -0.2) is 55.0 Å². The zero-order valence-corrected chi connectivity index (χ0v) is 11.3. The first kappa shape index (κ1) is 14.9. The molecule has 1 aromatic carbocycles. The van der Waals surface area contributed by atoms with Gasteiger partial charge in [0, 0.05) is 44.8 Å². The molecular formula is C14H19F2N3O. The van der Waals surface area contributed by atoms with Crippen molar-refractivity contribution in [3.63, 3.8) is 0 Å². The summed E-state index contributed by atoms with van der Waals surface area (Å²) in [5.74, 6) is -2.01. The first-order chi connectivity index (χ1) is 9.61. The molecule has 0 spiro atoms. The standard InChI is InChI=1S/C14H19F2N3O/c15-12-3-1-2-11(14(12)16)10-13(20)19-8-6-18(5-4-17)7-9-19/h1-3H,4-10,17H2. The summed E-state index contributed by atoms with van der Waals surface area (Å²) in [6, 6.07) is 3.91. The average molecular weight is 283 g/mol. The maximum Gasteiger partial charge on any atom is 0.227 e. The molecule has 1 fully saturated rings. The van der Waals surface area contributed by atoms with Gasteiger partial charge in [-0.3, -0.25) is 9.69 Å². The van der Waals surface area contributed by atoms with E-state index < -0.39 is 11.6 Å². The predicted octanol–water partition coefficient (Wildman–Crippen LogP) is 0.610. The van der Waals surface area contributed by atoms with Crippen molar-refractivity contribution in [2.45, 2.75) is 6.42 Å². The summed E-state index contributed by atoms with van der Waals surface area (Å²) < 4.78 is 26.6. The van der Waals surface area contributed by atoms with Crippen LogP contribution < -0.4 is 5.73 Å². The van der Waals surface area contributed by atoms with Crippen molar-refractivity contribution in [1.82, 2.24) is 9.80 Å². The van der Waals surface area contributed by atoms with Crippen molar-refractivity contribution in [3.05, 3.63) is 35.4 Å². The molecule has 2 N–H and O–H groups in total. The molecule has 4 nitrogen and oxygen atoms in total. The number of hydrogen-bond donors (Lipinski definition) is 1. The summed E-state index contributed by atoms with van der Waals surface area (Å²) in [6.07, 6.45) is -0.0967. The van der Waals surface area contributed by atoms with Crippen LogP contribution in [0.25, 0.3) is 0 Å². The molecule has 20 heavy (non-hydrogen) atoms. The van der Waals surface area contributed by atoms with E-state index in [0.717, 1.165) is 25.7 Å². The molecule has 6 heteroatoms. The highest BCUT2D eigenvalue weighted by Crippen LogP contribution is 2.13. The Morgan fingerprint density at radius 2 is 1.90 bits per heavy atom. The van der Waals surface area contributed by atoms with E-state index in [2.05, 4.69) is 4.90 Å². The largest absolute Gasteiger partial charge is 0.340 e. The van der Waals surface area contributed by atoms with Crippen LogP contribution in [0.1, 0.15) is 5.56 Å². The summed E-state index contributed by atoms with van der Waals surface area (Å²) in [5, 5.41) is 0. The van der Waals surface area contributed by atoms with E-state index in [1.807, 2.05) is 0 Å². The molecule has 1 amide bonds. The molecule has 1 heterocycles. The van der Waals surface area contributed by atoms with Crippen LogP contribution in [0, 0.1) is 11.6 Å². The maximum absolute atomic E-state index is 13.5. The molecule has 0 aliphatic carbocycles. The van der Waals surface area contributed by atoms with Crippen LogP contribution >= 0.6 is 0 Å². The van der Waals surface area contributed by atoms with Gasteiger partial charge < -0.3 is 10.6 Å². The number of rotatable bonds is 4. The molecule has 0 aromatic heterocycles. The molecule has 1 aliphatic rings. The van der Waals surface area contributed by atoms with Gasteiger partial charge in [0.1, 0.15) is 0 Å². The van der Waals surface area contributed by atoms with E-state index in [9.17, 15) is 13.6 Å². The molecule has 1 aromatic rings. The van der Waals surface area contributed by atoms with E-state index in [-0.39, 0.29) is 17.9 Å². The van der Waals surface area contributed by atoms with E-state index in [1.54, 1.807) is 4.90 Å². The van der Waals surface area contributed by atoms with E-state index in [0.29, 0.717) is 19.6 Å². The lowest BCUT2D eigenvalue weighted by Gasteiger charge is -2.34. The number of hydrogen-bond acceptors (Lipinski definition) is 3. The number of piperazine rings is 1. The predicted molar refractivity (Wildman–Crippen MR) is 72.1 cm³/mol. The number of halogens is 2. The minimum absolute atomic E-state index is 0.0967. The number of carbonyl (C=O) groups excluding carboxylic acids is 1. The smallest absolute Gasteiger partial charge is 0.227 e. The molecule has 110 valence electrons. The zero-order valence-electron chi connectivity index (χ0n) is 11.3. The molecule has 2 rings (SSSR count). The van der Waals surface area contributed by atoms with Gasteiger partial charge in [-0.2, -0.15) is 0 Å². The van der Waals surface area contributed by atoms with Gasteiger partial charge in [0.15, 0.2) is 11.6 Å². The monoisotopic (exact) mass is 283 g/mol. The third-order valence-corrected chi connectivity index (χ3v) is 3.54. The van der Waals surface area contributed by atoms with Gasteiger partial charge in [-0.25, -0.2) is 8.78 Å². The lowest BCUT2D eigenvalue weighted by molar-refractivity contribution is -0.132. The fourth-order valence-electron chi connectivity index (χ4n) is 2.36. The summed E-state index contributed by atoms with van der Waals surface area (Å²) in [6.45, 7) is 4.18. The van der Waals surface area contributed by atoms with E-state index >= 15 is 0 Å². The third-order valence-electron chi connectivity index (χ3n) is 3.54. The van der Waals surface area contributed by atoms with Crippen molar-refractivity contribution < 1.29 is 13.6 Å². The minimum atomic E-state index is -0.928. The summed E-state index contributed by atoms with van der Waals surface area (Å²) in [5.41, 5.74) is 5.60. The Hall–Kier alpha value is -1.53. The SMILES string of the molecule is NCCN1CCN(C(=O)Cc2cccc(F)c2F)CC1. The summed E-state index contributed by atoms with van der Waals surface area (Å²) >= 11 is 0. The fraction of sp³-hybridized carbons (Fsp3) is 0.500. The van der Waals surface area contributed by atoms with Gasteiger partial charge in [0.2, 0.25) is 5.91 Å². The number of nitrogens with two attached hydrogens (primary N) is 1. The molecule has 0 atom stereocenters. The molecule has 0 radical (unpaired) electrons.